The first-order chi connectivity index (χ1) is 9.77. The van der Waals surface area contributed by atoms with Crippen LogP contribution in [-0.4, -0.2) is 34.0 Å². The van der Waals surface area contributed by atoms with Crippen LogP contribution >= 0.6 is 0 Å². The smallest absolute Gasteiger partial charge is 0.329 e. The molecule has 1 aliphatic heterocycles. The summed E-state index contributed by atoms with van der Waals surface area (Å²) in [5, 5.41) is 9.41. The largest absolute Gasteiger partial charge is 0.480 e. The van der Waals surface area contributed by atoms with Crippen molar-refractivity contribution in [2.45, 2.75) is 51.0 Å². The van der Waals surface area contributed by atoms with Gasteiger partial charge in [0.15, 0.2) is 0 Å². The highest BCUT2D eigenvalue weighted by atomic mass is 16.4. The van der Waals surface area contributed by atoms with Gasteiger partial charge in [-0.25, -0.2) is 4.79 Å². The molecular weight excluding hydrogens is 266 g/mol. The molecule has 4 nitrogen and oxygen atoms in total. The molecule has 0 saturated carbocycles. The SMILES string of the molecule is CC(C)(CC(=O)N1CCCC1(C)C(=O)O)c1ccccc1. The van der Waals surface area contributed by atoms with Crippen molar-refractivity contribution in [3.8, 4) is 0 Å². The number of nitrogens with zero attached hydrogens (tertiary/aromatic N) is 1. The molecule has 0 spiro atoms. The van der Waals surface area contributed by atoms with E-state index in [0.29, 0.717) is 19.4 Å². The minimum atomic E-state index is -1.05. The Morgan fingerprint density at radius 1 is 1.29 bits per heavy atom. The second-order valence-electron chi connectivity index (χ2n) is 6.65. The first-order valence-electron chi connectivity index (χ1n) is 7.37. The van der Waals surface area contributed by atoms with Crippen LogP contribution in [0.15, 0.2) is 30.3 Å². The normalized spacial score (nSPS) is 22.3. The number of carbonyl (C=O) groups is 2. The van der Waals surface area contributed by atoms with E-state index < -0.39 is 11.5 Å². The highest BCUT2D eigenvalue weighted by Crippen LogP contribution is 2.33. The predicted molar refractivity (Wildman–Crippen MR) is 81.1 cm³/mol. The second-order valence-corrected chi connectivity index (χ2v) is 6.65. The number of aliphatic carboxylic acids is 1. The number of carboxylic acid groups (broad SMARTS) is 1. The van der Waals surface area contributed by atoms with Gasteiger partial charge < -0.3 is 10.0 Å². The summed E-state index contributed by atoms with van der Waals surface area (Å²) in [6.45, 7) is 6.23. The van der Waals surface area contributed by atoms with Crippen LogP contribution in [0.3, 0.4) is 0 Å². The first-order valence-corrected chi connectivity index (χ1v) is 7.37. The molecule has 1 atom stereocenters. The van der Waals surface area contributed by atoms with Crippen molar-refractivity contribution in [1.29, 1.82) is 0 Å². The second kappa shape index (κ2) is 5.51. The molecule has 2 rings (SSSR count). The topological polar surface area (TPSA) is 57.6 Å². The summed E-state index contributed by atoms with van der Waals surface area (Å²) in [4.78, 5) is 25.6. The van der Waals surface area contributed by atoms with Crippen LogP contribution < -0.4 is 0 Å². The third-order valence-electron chi connectivity index (χ3n) is 4.55. The molecule has 1 aromatic rings. The molecule has 0 bridgehead atoms. The van der Waals surface area contributed by atoms with E-state index in [2.05, 4.69) is 0 Å². The van der Waals surface area contributed by atoms with E-state index in [4.69, 9.17) is 0 Å². The first kappa shape index (κ1) is 15.5. The maximum atomic E-state index is 12.6. The minimum absolute atomic E-state index is 0.0775. The van der Waals surface area contributed by atoms with Crippen molar-refractivity contribution < 1.29 is 14.7 Å². The van der Waals surface area contributed by atoms with Crippen molar-refractivity contribution >= 4 is 11.9 Å². The summed E-state index contributed by atoms with van der Waals surface area (Å²) in [5.74, 6) is -0.989. The molecule has 1 fully saturated rings. The molecule has 1 unspecified atom stereocenters. The Kier molecular flexibility index (Phi) is 4.08. The molecule has 1 amide bonds. The van der Waals surface area contributed by atoms with Crippen LogP contribution in [0.4, 0.5) is 0 Å². The van der Waals surface area contributed by atoms with Crippen molar-refractivity contribution in [2.75, 3.05) is 6.54 Å². The van der Waals surface area contributed by atoms with Gasteiger partial charge in [-0.2, -0.15) is 0 Å². The van der Waals surface area contributed by atoms with Gasteiger partial charge in [0.05, 0.1) is 0 Å². The summed E-state index contributed by atoms with van der Waals surface area (Å²) in [5.41, 5.74) is -0.265. The lowest BCUT2D eigenvalue weighted by Crippen LogP contribution is -2.51. The summed E-state index contributed by atoms with van der Waals surface area (Å²) in [7, 11) is 0. The number of hydrogen-bond acceptors (Lipinski definition) is 2. The molecule has 0 aliphatic carbocycles. The van der Waals surface area contributed by atoms with Crippen LogP contribution in [0.1, 0.15) is 45.6 Å². The fourth-order valence-electron chi connectivity index (χ4n) is 3.05. The maximum absolute atomic E-state index is 12.6. The van der Waals surface area contributed by atoms with Gasteiger partial charge in [0.2, 0.25) is 5.91 Å². The van der Waals surface area contributed by atoms with Crippen LogP contribution in [0, 0.1) is 0 Å². The van der Waals surface area contributed by atoms with Gasteiger partial charge in [-0.05, 0) is 30.7 Å². The Bertz CT molecular complexity index is 538. The van der Waals surface area contributed by atoms with Gasteiger partial charge in [-0.15, -0.1) is 0 Å². The highest BCUT2D eigenvalue weighted by Gasteiger charge is 2.46. The van der Waals surface area contributed by atoms with Gasteiger partial charge in [0, 0.05) is 13.0 Å². The number of benzene rings is 1. The number of hydrogen-bond donors (Lipinski definition) is 1. The Balaban J connectivity index is 2.16. The van der Waals surface area contributed by atoms with Crippen LogP contribution in [0.2, 0.25) is 0 Å². The Morgan fingerprint density at radius 2 is 1.90 bits per heavy atom. The lowest BCUT2D eigenvalue weighted by Gasteiger charge is -2.34. The molecule has 1 heterocycles. The van der Waals surface area contributed by atoms with Gasteiger partial charge in [0.1, 0.15) is 5.54 Å². The van der Waals surface area contributed by atoms with Crippen molar-refractivity contribution in [3.63, 3.8) is 0 Å². The zero-order valence-electron chi connectivity index (χ0n) is 12.9. The van der Waals surface area contributed by atoms with E-state index >= 15 is 0 Å². The number of carbonyl (C=O) groups excluding carboxylic acids is 1. The molecular formula is C17H23NO3. The summed E-state index contributed by atoms with van der Waals surface area (Å²) in [6.07, 6.45) is 1.60. The maximum Gasteiger partial charge on any atom is 0.329 e. The van der Waals surface area contributed by atoms with Gasteiger partial charge in [-0.1, -0.05) is 44.2 Å². The molecule has 1 aliphatic rings. The third-order valence-corrected chi connectivity index (χ3v) is 4.55. The number of rotatable bonds is 4. The number of amides is 1. The fourth-order valence-corrected chi connectivity index (χ4v) is 3.05. The fraction of sp³-hybridized carbons (Fsp3) is 0.529. The molecule has 0 aromatic heterocycles. The Labute approximate surface area is 125 Å². The van der Waals surface area contributed by atoms with Crippen molar-refractivity contribution in [3.05, 3.63) is 35.9 Å². The van der Waals surface area contributed by atoms with Crippen molar-refractivity contribution in [1.82, 2.24) is 4.90 Å². The van der Waals surface area contributed by atoms with Gasteiger partial charge >= 0.3 is 5.97 Å². The predicted octanol–water partition coefficient (Wildman–Crippen LogP) is 2.82. The molecule has 1 N–H and O–H groups in total. The van der Waals surface area contributed by atoms with E-state index in [1.807, 2.05) is 44.2 Å². The highest BCUT2D eigenvalue weighted by molar-refractivity contribution is 5.88. The van der Waals surface area contributed by atoms with Gasteiger partial charge in [0.25, 0.3) is 0 Å². The molecule has 4 heteroatoms. The zero-order chi connectivity index (χ0) is 15.7. The van der Waals surface area contributed by atoms with E-state index in [0.717, 1.165) is 12.0 Å². The average Bonchev–Trinajstić information content (AvgIpc) is 2.83. The molecule has 21 heavy (non-hydrogen) atoms. The van der Waals surface area contributed by atoms with Crippen molar-refractivity contribution in [2.24, 2.45) is 0 Å². The Hall–Kier alpha value is -1.84. The Morgan fingerprint density at radius 3 is 2.48 bits per heavy atom. The molecule has 1 aromatic carbocycles. The lowest BCUT2D eigenvalue weighted by atomic mass is 9.81. The van der Waals surface area contributed by atoms with Gasteiger partial charge in [-0.3, -0.25) is 4.79 Å². The van der Waals surface area contributed by atoms with E-state index in [1.54, 1.807) is 11.8 Å². The molecule has 0 radical (unpaired) electrons. The minimum Gasteiger partial charge on any atom is -0.480 e. The quantitative estimate of drug-likeness (QED) is 0.927. The summed E-state index contributed by atoms with van der Waals surface area (Å²) >= 11 is 0. The molecule has 114 valence electrons. The number of likely N-dealkylation sites (tertiary alicyclic amines) is 1. The third kappa shape index (κ3) is 2.94. The van der Waals surface area contributed by atoms with Crippen LogP contribution in [0.25, 0.3) is 0 Å². The monoisotopic (exact) mass is 289 g/mol. The van der Waals surface area contributed by atoms with E-state index in [1.165, 1.54) is 0 Å². The molecule has 1 saturated heterocycles. The lowest BCUT2D eigenvalue weighted by molar-refractivity contribution is -0.155. The van der Waals surface area contributed by atoms with Crippen LogP contribution in [-0.2, 0) is 15.0 Å². The summed E-state index contributed by atoms with van der Waals surface area (Å²) in [6, 6.07) is 9.88. The average molecular weight is 289 g/mol. The summed E-state index contributed by atoms with van der Waals surface area (Å²) < 4.78 is 0. The van der Waals surface area contributed by atoms with E-state index in [9.17, 15) is 14.7 Å². The standard InChI is InChI=1S/C17H23NO3/c1-16(2,13-8-5-4-6-9-13)12-14(19)18-11-7-10-17(18,3)15(20)21/h4-6,8-9H,7,10-12H2,1-3H3,(H,20,21). The zero-order valence-corrected chi connectivity index (χ0v) is 12.9. The van der Waals surface area contributed by atoms with E-state index in [-0.39, 0.29) is 11.3 Å². The van der Waals surface area contributed by atoms with Crippen LogP contribution in [0.5, 0.6) is 0 Å². The number of carboxylic acids is 1.